The first-order valence-electron chi connectivity index (χ1n) is 11.9. The fourth-order valence-corrected chi connectivity index (χ4v) is 4.49. The van der Waals surface area contributed by atoms with Crippen molar-refractivity contribution in [2.24, 2.45) is 5.73 Å². The molecule has 2 aromatic heterocycles. The Labute approximate surface area is 212 Å². The number of likely N-dealkylation sites (tertiary alicyclic amines) is 1. The van der Waals surface area contributed by atoms with E-state index in [2.05, 4.69) is 31.4 Å². The van der Waals surface area contributed by atoms with Gasteiger partial charge in [0.1, 0.15) is 0 Å². The molecule has 0 unspecified atom stereocenters. The van der Waals surface area contributed by atoms with Gasteiger partial charge in [0.2, 0.25) is 11.9 Å². The maximum absolute atomic E-state index is 13.7. The van der Waals surface area contributed by atoms with Crippen LogP contribution in [0.5, 0.6) is 0 Å². The molecule has 1 saturated heterocycles. The Morgan fingerprint density at radius 1 is 1.16 bits per heavy atom. The van der Waals surface area contributed by atoms with E-state index >= 15 is 0 Å². The molecule has 1 amide bonds. The van der Waals surface area contributed by atoms with Gasteiger partial charge in [0.25, 0.3) is 0 Å². The number of hydrogen-bond acceptors (Lipinski definition) is 7. The number of nitrogens with zero attached hydrogens (tertiary/aromatic N) is 6. The maximum Gasteiger partial charge on any atom is 0.419 e. The van der Waals surface area contributed by atoms with Crippen molar-refractivity contribution in [1.29, 1.82) is 5.26 Å². The quantitative estimate of drug-likeness (QED) is 0.421. The molecule has 12 heteroatoms. The molecule has 37 heavy (non-hydrogen) atoms. The number of anilines is 2. The molecule has 0 radical (unpaired) electrons. The largest absolute Gasteiger partial charge is 0.419 e. The summed E-state index contributed by atoms with van der Waals surface area (Å²) in [6.07, 6.45) is 1.52. The highest BCUT2D eigenvalue weighted by molar-refractivity contribution is 5.77. The number of nitriles is 1. The molecule has 1 aromatic carbocycles. The highest BCUT2D eigenvalue weighted by Crippen LogP contribution is 2.32. The van der Waals surface area contributed by atoms with Crippen molar-refractivity contribution in [3.63, 3.8) is 0 Å². The molecule has 4 rings (SSSR count). The van der Waals surface area contributed by atoms with Crippen LogP contribution in [0.4, 0.5) is 24.8 Å². The first-order chi connectivity index (χ1) is 17.7. The second-order valence-corrected chi connectivity index (χ2v) is 8.96. The summed E-state index contributed by atoms with van der Waals surface area (Å²) in [5.41, 5.74) is 6.25. The zero-order valence-corrected chi connectivity index (χ0v) is 20.1. The van der Waals surface area contributed by atoms with E-state index in [-0.39, 0.29) is 36.9 Å². The Bertz CT molecular complexity index is 1280. The SMILES string of the molecule is N#CCN1CCC(n2cc(Nc3ncc(C(F)(F)F)c(CCc4ccccc4CC(N)=O)n3)cn2)CC1. The molecular weight excluding hydrogens is 485 g/mol. The lowest BCUT2D eigenvalue weighted by molar-refractivity contribution is -0.138. The summed E-state index contributed by atoms with van der Waals surface area (Å²) in [6.45, 7) is 2.01. The predicted molar refractivity (Wildman–Crippen MR) is 130 cm³/mol. The number of nitrogens with two attached hydrogens (primary N) is 1. The standard InChI is InChI=1S/C25H27F3N8O/c26-25(27,28)21-15-31-24(34-22(21)6-5-17-3-1-2-4-18(17)13-23(30)37)33-19-14-32-36(16-19)20-7-10-35(11-8-20)12-9-29/h1-4,14-16,20H,5-8,10-13H2,(H2,30,37)(H,31,33,34). The van der Waals surface area contributed by atoms with Gasteiger partial charge in [-0.15, -0.1) is 0 Å². The fourth-order valence-electron chi connectivity index (χ4n) is 4.49. The van der Waals surface area contributed by atoms with E-state index in [9.17, 15) is 18.0 Å². The van der Waals surface area contributed by atoms with Gasteiger partial charge < -0.3 is 11.1 Å². The number of aryl methyl sites for hydroxylation is 2. The average molecular weight is 513 g/mol. The smallest absolute Gasteiger partial charge is 0.369 e. The third kappa shape index (κ3) is 6.83. The van der Waals surface area contributed by atoms with Gasteiger partial charge in [-0.25, -0.2) is 9.97 Å². The second-order valence-electron chi connectivity index (χ2n) is 8.96. The lowest BCUT2D eigenvalue weighted by Gasteiger charge is -2.30. The highest BCUT2D eigenvalue weighted by atomic mass is 19.4. The van der Waals surface area contributed by atoms with Crippen LogP contribution in [-0.2, 0) is 30.2 Å². The van der Waals surface area contributed by atoms with Gasteiger partial charge in [-0.3, -0.25) is 14.4 Å². The van der Waals surface area contributed by atoms with E-state index in [1.54, 1.807) is 36.7 Å². The van der Waals surface area contributed by atoms with E-state index in [0.29, 0.717) is 17.8 Å². The van der Waals surface area contributed by atoms with Crippen LogP contribution < -0.4 is 11.1 Å². The van der Waals surface area contributed by atoms with Crippen molar-refractivity contribution < 1.29 is 18.0 Å². The van der Waals surface area contributed by atoms with Crippen molar-refractivity contribution in [3.05, 3.63) is 65.2 Å². The highest BCUT2D eigenvalue weighted by Gasteiger charge is 2.35. The van der Waals surface area contributed by atoms with Crippen molar-refractivity contribution in [1.82, 2.24) is 24.6 Å². The summed E-state index contributed by atoms with van der Waals surface area (Å²) in [6, 6.07) is 9.37. The summed E-state index contributed by atoms with van der Waals surface area (Å²) in [5.74, 6) is -0.470. The number of hydrogen-bond donors (Lipinski definition) is 2. The van der Waals surface area contributed by atoms with Crippen LogP contribution in [0.15, 0.2) is 42.9 Å². The Morgan fingerprint density at radius 3 is 2.57 bits per heavy atom. The van der Waals surface area contributed by atoms with Crippen molar-refractivity contribution in [2.45, 2.75) is 44.3 Å². The van der Waals surface area contributed by atoms with Crippen LogP contribution in [0.1, 0.15) is 41.3 Å². The van der Waals surface area contributed by atoms with Crippen LogP contribution in [0.3, 0.4) is 0 Å². The Morgan fingerprint density at radius 2 is 1.89 bits per heavy atom. The summed E-state index contributed by atoms with van der Waals surface area (Å²) < 4.78 is 42.8. The normalized spacial score (nSPS) is 14.9. The fraction of sp³-hybridized carbons (Fsp3) is 0.400. The van der Waals surface area contributed by atoms with Gasteiger partial charge in [0.05, 0.1) is 48.2 Å². The molecule has 1 aliphatic rings. The van der Waals surface area contributed by atoms with E-state index in [1.165, 1.54) is 0 Å². The minimum absolute atomic E-state index is 0.00233. The van der Waals surface area contributed by atoms with Crippen LogP contribution in [0.2, 0.25) is 0 Å². The number of nitrogens with one attached hydrogen (secondary N) is 1. The summed E-state index contributed by atoms with van der Waals surface area (Å²) in [7, 11) is 0. The minimum Gasteiger partial charge on any atom is -0.369 e. The van der Waals surface area contributed by atoms with Crippen LogP contribution in [-0.4, -0.2) is 50.2 Å². The molecule has 3 N–H and O–H groups in total. The lowest BCUT2D eigenvalue weighted by atomic mass is 9.98. The van der Waals surface area contributed by atoms with Gasteiger partial charge in [0, 0.05) is 25.5 Å². The zero-order valence-electron chi connectivity index (χ0n) is 20.1. The zero-order chi connectivity index (χ0) is 26.4. The Kier molecular flexibility index (Phi) is 8.03. The van der Waals surface area contributed by atoms with Crippen LogP contribution in [0.25, 0.3) is 0 Å². The number of amides is 1. The summed E-state index contributed by atoms with van der Waals surface area (Å²) >= 11 is 0. The molecule has 194 valence electrons. The van der Waals surface area contributed by atoms with Gasteiger partial charge in [-0.05, 0) is 36.8 Å². The van der Waals surface area contributed by atoms with Crippen LogP contribution >= 0.6 is 0 Å². The monoisotopic (exact) mass is 512 g/mol. The van der Waals surface area contributed by atoms with Gasteiger partial charge in [0.15, 0.2) is 0 Å². The Hall–Kier alpha value is -3.98. The topological polar surface area (TPSA) is 126 Å². The number of carbonyl (C=O) groups excluding carboxylic acids is 1. The second kappa shape index (κ2) is 11.4. The van der Waals surface area contributed by atoms with Gasteiger partial charge in [-0.2, -0.15) is 23.5 Å². The van der Waals surface area contributed by atoms with Crippen molar-refractivity contribution >= 4 is 17.5 Å². The van der Waals surface area contributed by atoms with E-state index in [0.717, 1.165) is 37.7 Å². The number of benzene rings is 1. The molecule has 9 nitrogen and oxygen atoms in total. The minimum atomic E-state index is -4.61. The number of aromatic nitrogens is 4. The summed E-state index contributed by atoms with van der Waals surface area (Å²) in [5, 5.41) is 16.2. The lowest BCUT2D eigenvalue weighted by Crippen LogP contribution is -2.34. The Balaban J connectivity index is 1.48. The van der Waals surface area contributed by atoms with E-state index in [1.807, 2.05) is 4.68 Å². The molecule has 1 fully saturated rings. The van der Waals surface area contributed by atoms with Crippen molar-refractivity contribution in [3.8, 4) is 6.07 Å². The third-order valence-electron chi connectivity index (χ3n) is 6.37. The van der Waals surface area contributed by atoms with Gasteiger partial charge in [-0.1, -0.05) is 24.3 Å². The average Bonchev–Trinajstić information content (AvgIpc) is 3.31. The van der Waals surface area contributed by atoms with Crippen molar-refractivity contribution in [2.75, 3.05) is 25.0 Å². The number of piperidine rings is 1. The molecule has 0 spiro atoms. The first kappa shape index (κ1) is 26.1. The molecule has 3 heterocycles. The van der Waals surface area contributed by atoms with Gasteiger partial charge >= 0.3 is 6.18 Å². The molecule has 0 saturated carbocycles. The molecule has 3 aromatic rings. The number of alkyl halides is 3. The summed E-state index contributed by atoms with van der Waals surface area (Å²) in [4.78, 5) is 21.5. The molecular formula is C25H27F3N8O. The molecule has 0 atom stereocenters. The maximum atomic E-state index is 13.7. The van der Waals surface area contributed by atoms with E-state index < -0.39 is 17.6 Å². The molecule has 0 bridgehead atoms. The number of rotatable bonds is 9. The number of primary amides is 1. The third-order valence-corrected chi connectivity index (χ3v) is 6.37. The number of halogens is 3. The first-order valence-corrected chi connectivity index (χ1v) is 11.9. The van der Waals surface area contributed by atoms with E-state index in [4.69, 9.17) is 11.0 Å². The van der Waals surface area contributed by atoms with Crippen LogP contribution in [0, 0.1) is 11.3 Å². The molecule has 1 aliphatic heterocycles. The number of carbonyl (C=O) groups is 1. The predicted octanol–water partition coefficient (Wildman–Crippen LogP) is 3.41. The molecule has 0 aliphatic carbocycles.